The van der Waals surface area contributed by atoms with Crippen molar-refractivity contribution in [3.05, 3.63) is 0 Å². The topological polar surface area (TPSA) is 80.9 Å². The molecule has 0 unspecified atom stereocenters. The minimum absolute atomic E-state index is 0.490. The summed E-state index contributed by atoms with van der Waals surface area (Å²) in [5.41, 5.74) is -1.30. The molecule has 0 bridgehead atoms. The molecule has 0 aliphatic carbocycles. The van der Waals surface area contributed by atoms with Crippen molar-refractivity contribution in [3.63, 3.8) is 0 Å². The van der Waals surface area contributed by atoms with Crippen molar-refractivity contribution in [2.75, 3.05) is 6.61 Å². The minimum Gasteiger partial charge on any atom is -0.395 e. The third kappa shape index (κ3) is 1.91. The Bertz CT molecular complexity index is 91.6. The normalized spacial score (nSPS) is 14.0. The second kappa shape index (κ2) is 2.22. The fraction of sp³-hybridized carbons (Fsp3) is 1.00. The van der Waals surface area contributed by atoms with E-state index in [1.165, 1.54) is 13.8 Å². The molecule has 0 fully saturated rings. The molecule has 0 radical (unpaired) electrons. The SMILES string of the molecule is CC(C)(CO)C(O)(O)O. The van der Waals surface area contributed by atoms with E-state index >= 15 is 0 Å². The van der Waals surface area contributed by atoms with Gasteiger partial charge in [-0.3, -0.25) is 0 Å². The Hall–Kier alpha value is -0.160. The quantitative estimate of drug-likeness (QED) is 0.353. The van der Waals surface area contributed by atoms with Gasteiger partial charge in [-0.1, -0.05) is 0 Å². The van der Waals surface area contributed by atoms with Gasteiger partial charge in [-0.05, 0) is 13.8 Å². The predicted octanol–water partition coefficient (Wildman–Crippen LogP) is -1.36. The summed E-state index contributed by atoms with van der Waals surface area (Å²) in [5, 5.41) is 33.9. The summed E-state index contributed by atoms with van der Waals surface area (Å²) in [6.07, 6.45) is 0. The molecule has 0 aromatic rings. The summed E-state index contributed by atoms with van der Waals surface area (Å²) < 4.78 is 0. The van der Waals surface area contributed by atoms with Crippen molar-refractivity contribution in [1.29, 1.82) is 0 Å². The highest BCUT2D eigenvalue weighted by molar-refractivity contribution is 4.73. The van der Waals surface area contributed by atoms with E-state index in [0.717, 1.165) is 0 Å². The Morgan fingerprint density at radius 1 is 1.11 bits per heavy atom. The molecule has 0 aliphatic rings. The van der Waals surface area contributed by atoms with Crippen LogP contribution < -0.4 is 0 Å². The molecule has 4 heteroatoms. The second-order valence-corrected chi connectivity index (χ2v) is 2.68. The zero-order chi connectivity index (χ0) is 7.71. The molecule has 0 aromatic carbocycles. The van der Waals surface area contributed by atoms with Crippen LogP contribution in [0.5, 0.6) is 0 Å². The van der Waals surface area contributed by atoms with E-state index in [2.05, 4.69) is 0 Å². The van der Waals surface area contributed by atoms with Gasteiger partial charge in [-0.15, -0.1) is 0 Å². The van der Waals surface area contributed by atoms with E-state index in [0.29, 0.717) is 0 Å². The lowest BCUT2D eigenvalue weighted by Gasteiger charge is -2.30. The summed E-state index contributed by atoms with van der Waals surface area (Å²) in [4.78, 5) is 0. The molecule has 0 rings (SSSR count). The first-order chi connectivity index (χ1) is 3.81. The first-order valence-corrected chi connectivity index (χ1v) is 2.59. The van der Waals surface area contributed by atoms with Crippen LogP contribution in [0, 0.1) is 5.41 Å². The van der Waals surface area contributed by atoms with Gasteiger partial charge in [-0.25, -0.2) is 0 Å². The van der Waals surface area contributed by atoms with E-state index < -0.39 is 18.0 Å². The highest BCUT2D eigenvalue weighted by Crippen LogP contribution is 2.24. The third-order valence-electron chi connectivity index (χ3n) is 1.30. The van der Waals surface area contributed by atoms with Gasteiger partial charge in [0.15, 0.2) is 0 Å². The fourth-order valence-corrected chi connectivity index (χ4v) is 0.106. The van der Waals surface area contributed by atoms with Gasteiger partial charge in [0.25, 0.3) is 5.97 Å². The summed E-state index contributed by atoms with van der Waals surface area (Å²) >= 11 is 0. The van der Waals surface area contributed by atoms with Crippen LogP contribution in [0.1, 0.15) is 13.8 Å². The molecule has 0 atom stereocenters. The molecule has 4 N–H and O–H groups in total. The van der Waals surface area contributed by atoms with E-state index in [1.807, 2.05) is 0 Å². The van der Waals surface area contributed by atoms with Crippen molar-refractivity contribution >= 4 is 0 Å². The average molecular weight is 136 g/mol. The Morgan fingerprint density at radius 3 is 1.44 bits per heavy atom. The average Bonchev–Trinajstić information content (AvgIpc) is 1.64. The van der Waals surface area contributed by atoms with Crippen LogP contribution in [-0.4, -0.2) is 33.0 Å². The number of aliphatic hydroxyl groups excluding tert-OH is 1. The number of hydrogen-bond donors (Lipinski definition) is 4. The minimum atomic E-state index is -2.80. The van der Waals surface area contributed by atoms with Crippen LogP contribution >= 0.6 is 0 Å². The molecule has 0 aromatic heterocycles. The van der Waals surface area contributed by atoms with Crippen molar-refractivity contribution in [2.45, 2.75) is 19.8 Å². The number of aliphatic hydroxyl groups is 4. The zero-order valence-electron chi connectivity index (χ0n) is 5.50. The largest absolute Gasteiger partial charge is 0.395 e. The number of rotatable bonds is 2. The predicted molar refractivity (Wildman–Crippen MR) is 30.3 cm³/mol. The van der Waals surface area contributed by atoms with Crippen molar-refractivity contribution < 1.29 is 20.4 Å². The lowest BCUT2D eigenvalue weighted by atomic mass is 9.92. The van der Waals surface area contributed by atoms with E-state index in [-0.39, 0.29) is 0 Å². The lowest BCUT2D eigenvalue weighted by molar-refractivity contribution is -0.371. The van der Waals surface area contributed by atoms with Crippen LogP contribution in [0.25, 0.3) is 0 Å². The van der Waals surface area contributed by atoms with E-state index in [9.17, 15) is 0 Å². The van der Waals surface area contributed by atoms with Crippen molar-refractivity contribution in [2.24, 2.45) is 5.41 Å². The Balaban J connectivity index is 4.14. The molecule has 0 amide bonds. The summed E-state index contributed by atoms with van der Waals surface area (Å²) in [5.74, 6) is -2.80. The molecular formula is C5H12O4. The van der Waals surface area contributed by atoms with Gasteiger partial charge in [0, 0.05) is 0 Å². The first kappa shape index (κ1) is 8.84. The van der Waals surface area contributed by atoms with Crippen LogP contribution in [0.2, 0.25) is 0 Å². The number of hydrogen-bond acceptors (Lipinski definition) is 4. The van der Waals surface area contributed by atoms with Gasteiger partial charge in [0.1, 0.15) is 0 Å². The first-order valence-electron chi connectivity index (χ1n) is 2.59. The Kier molecular flexibility index (Phi) is 2.19. The lowest BCUT2D eigenvalue weighted by Crippen LogP contribution is -2.46. The molecule has 0 spiro atoms. The summed E-state index contributed by atoms with van der Waals surface area (Å²) in [6.45, 7) is 2.16. The molecule has 0 heterocycles. The van der Waals surface area contributed by atoms with Crippen molar-refractivity contribution in [3.8, 4) is 0 Å². The van der Waals surface area contributed by atoms with Gasteiger partial charge < -0.3 is 20.4 Å². The third-order valence-corrected chi connectivity index (χ3v) is 1.30. The van der Waals surface area contributed by atoms with Gasteiger partial charge in [0.2, 0.25) is 0 Å². The van der Waals surface area contributed by atoms with E-state index in [1.54, 1.807) is 0 Å². The van der Waals surface area contributed by atoms with E-state index in [4.69, 9.17) is 20.4 Å². The second-order valence-electron chi connectivity index (χ2n) is 2.68. The standard InChI is InChI=1S/C5H12O4/c1-4(2,3-6)5(7,8)9/h6-9H,3H2,1-2H3. The molecule has 9 heavy (non-hydrogen) atoms. The molecule has 4 nitrogen and oxygen atoms in total. The van der Waals surface area contributed by atoms with Gasteiger partial charge >= 0.3 is 0 Å². The fourth-order valence-electron chi connectivity index (χ4n) is 0.106. The monoisotopic (exact) mass is 136 g/mol. The van der Waals surface area contributed by atoms with Crippen LogP contribution in [0.3, 0.4) is 0 Å². The maximum absolute atomic E-state index is 8.50. The van der Waals surface area contributed by atoms with Crippen molar-refractivity contribution in [1.82, 2.24) is 0 Å². The van der Waals surface area contributed by atoms with Gasteiger partial charge in [0.05, 0.1) is 12.0 Å². The maximum atomic E-state index is 8.50. The molecular weight excluding hydrogens is 124 g/mol. The maximum Gasteiger partial charge on any atom is 0.282 e. The molecule has 0 aliphatic heterocycles. The van der Waals surface area contributed by atoms with Gasteiger partial charge in [-0.2, -0.15) is 0 Å². The zero-order valence-corrected chi connectivity index (χ0v) is 5.50. The van der Waals surface area contributed by atoms with Crippen LogP contribution in [0.15, 0.2) is 0 Å². The molecule has 0 saturated heterocycles. The molecule has 56 valence electrons. The highest BCUT2D eigenvalue weighted by Gasteiger charge is 2.39. The smallest absolute Gasteiger partial charge is 0.282 e. The van der Waals surface area contributed by atoms with Crippen LogP contribution in [0.4, 0.5) is 0 Å². The molecule has 0 saturated carbocycles. The Labute approximate surface area is 53.4 Å². The highest BCUT2D eigenvalue weighted by atomic mass is 16.7. The summed E-state index contributed by atoms with van der Waals surface area (Å²) in [7, 11) is 0. The summed E-state index contributed by atoms with van der Waals surface area (Å²) in [6, 6.07) is 0. The van der Waals surface area contributed by atoms with Crippen LogP contribution in [-0.2, 0) is 0 Å². The Morgan fingerprint density at radius 2 is 1.44 bits per heavy atom.